The van der Waals surface area contributed by atoms with Crippen LogP contribution in [0.25, 0.3) is 0 Å². The number of aliphatic hydroxyl groups excluding tert-OH is 1. The van der Waals surface area contributed by atoms with Gasteiger partial charge in [0, 0.05) is 64.6 Å². The molecular weight excluding hydrogens is 576 g/mol. The molecule has 1 aliphatic rings. The molecule has 0 radical (unpaired) electrons. The first-order chi connectivity index (χ1) is 20.1. The third-order valence-electron chi connectivity index (χ3n) is 6.00. The van der Waals surface area contributed by atoms with Crippen LogP contribution < -0.4 is 16.4 Å². The Bertz CT molecular complexity index is 888. The molecule has 16 heteroatoms. The first-order valence-corrected chi connectivity index (χ1v) is 15.0. The van der Waals surface area contributed by atoms with Crippen LogP contribution in [0.4, 0.5) is 0 Å². The summed E-state index contributed by atoms with van der Waals surface area (Å²) in [5, 5.41) is 13.9. The van der Waals surface area contributed by atoms with Crippen molar-refractivity contribution in [1.82, 2.24) is 15.5 Å². The van der Waals surface area contributed by atoms with E-state index in [1.807, 2.05) is 6.92 Å². The first-order valence-electron chi connectivity index (χ1n) is 13.9. The lowest BCUT2D eigenvalue weighted by atomic mass is 10.2. The van der Waals surface area contributed by atoms with Crippen molar-refractivity contribution in [3.05, 3.63) is 0 Å². The van der Waals surface area contributed by atoms with E-state index in [0.717, 1.165) is 4.90 Å². The number of thioether (sulfide) groups is 1. The minimum atomic E-state index is -0.793. The van der Waals surface area contributed by atoms with E-state index in [1.165, 1.54) is 18.9 Å². The number of nitrogens with zero attached hydrogens (tertiary/aromatic N) is 1. The first kappa shape index (κ1) is 37.2. The van der Waals surface area contributed by atoms with Crippen LogP contribution in [0, 0.1) is 0 Å². The molecule has 240 valence electrons. The van der Waals surface area contributed by atoms with Gasteiger partial charge in [0.25, 0.3) is 0 Å². The van der Waals surface area contributed by atoms with Crippen molar-refractivity contribution < 1.29 is 52.8 Å². The monoisotopic (exact) mass is 620 g/mol. The van der Waals surface area contributed by atoms with E-state index in [9.17, 15) is 33.9 Å². The number of imide groups is 1. The maximum atomic E-state index is 12.6. The molecule has 1 heterocycles. The molecule has 1 rings (SSSR count). The van der Waals surface area contributed by atoms with Gasteiger partial charge in [0.1, 0.15) is 6.61 Å². The minimum Gasteiger partial charge on any atom is -0.460 e. The van der Waals surface area contributed by atoms with Gasteiger partial charge in [-0.3, -0.25) is 33.7 Å². The lowest BCUT2D eigenvalue weighted by Gasteiger charge is -2.21. The van der Waals surface area contributed by atoms with Crippen LogP contribution in [0.1, 0.15) is 51.9 Å². The van der Waals surface area contributed by atoms with Crippen molar-refractivity contribution in [2.45, 2.75) is 69.5 Å². The van der Waals surface area contributed by atoms with Crippen LogP contribution in [0.3, 0.4) is 0 Å². The molecule has 0 bridgehead atoms. The molecule has 3 unspecified atom stereocenters. The van der Waals surface area contributed by atoms with Gasteiger partial charge in [0.05, 0.1) is 31.2 Å². The normalized spacial score (nSPS) is 16.3. The van der Waals surface area contributed by atoms with Gasteiger partial charge in [-0.05, 0) is 12.8 Å². The molecule has 1 aliphatic heterocycles. The van der Waals surface area contributed by atoms with Crippen molar-refractivity contribution in [3.63, 3.8) is 0 Å². The van der Waals surface area contributed by atoms with E-state index in [0.29, 0.717) is 12.2 Å². The van der Waals surface area contributed by atoms with Crippen LogP contribution in [0.15, 0.2) is 0 Å². The highest BCUT2D eigenvalue weighted by molar-refractivity contribution is 8.00. The fraction of sp³-hybridized carbons (Fsp3) is 0.769. The Hall–Kier alpha value is -2.79. The van der Waals surface area contributed by atoms with E-state index in [-0.39, 0.29) is 108 Å². The summed E-state index contributed by atoms with van der Waals surface area (Å²) in [6.45, 7) is 2.40. The molecule has 0 spiro atoms. The number of nitrogens with one attached hydrogen (secondary N) is 2. The average molecular weight is 621 g/mol. The number of carbonyl (C=O) groups is 6. The summed E-state index contributed by atoms with van der Waals surface area (Å²) in [5.41, 5.74) is 5.00. The van der Waals surface area contributed by atoms with Crippen molar-refractivity contribution in [2.24, 2.45) is 5.73 Å². The highest BCUT2D eigenvalue weighted by atomic mass is 32.2. The maximum Gasteiger partial charge on any atom is 0.305 e. The summed E-state index contributed by atoms with van der Waals surface area (Å²) in [7, 11) is 1.40. The van der Waals surface area contributed by atoms with Crippen LogP contribution in [0.5, 0.6) is 0 Å². The van der Waals surface area contributed by atoms with Crippen molar-refractivity contribution >= 4 is 47.3 Å². The second-order valence-electron chi connectivity index (χ2n) is 9.28. The van der Waals surface area contributed by atoms with Crippen LogP contribution in [-0.4, -0.2) is 122 Å². The third kappa shape index (κ3) is 16.0. The minimum absolute atomic E-state index is 0.0245. The van der Waals surface area contributed by atoms with Gasteiger partial charge >= 0.3 is 5.97 Å². The number of nitrogens with two attached hydrogens (primary N) is 1. The molecule has 1 fully saturated rings. The predicted molar refractivity (Wildman–Crippen MR) is 151 cm³/mol. The summed E-state index contributed by atoms with van der Waals surface area (Å²) in [5.74, 6) is -1.87. The topological polar surface area (TPSA) is 213 Å². The van der Waals surface area contributed by atoms with Gasteiger partial charge in [-0.2, -0.15) is 0 Å². The smallest absolute Gasteiger partial charge is 0.305 e. The molecule has 0 aliphatic carbocycles. The molecule has 5 amide bonds. The van der Waals surface area contributed by atoms with Gasteiger partial charge in [-0.15, -0.1) is 11.8 Å². The van der Waals surface area contributed by atoms with Crippen molar-refractivity contribution in [1.29, 1.82) is 0 Å². The van der Waals surface area contributed by atoms with E-state index in [4.69, 9.17) is 24.7 Å². The van der Waals surface area contributed by atoms with Crippen LogP contribution in [0.2, 0.25) is 0 Å². The predicted octanol–water partition coefficient (Wildman–Crippen LogP) is -1.16. The number of likely N-dealkylation sites (tertiary alicyclic amines) is 1. The quantitative estimate of drug-likeness (QED) is 0.0435. The lowest BCUT2D eigenvalue weighted by molar-refractivity contribution is -0.194. The Labute approximate surface area is 249 Å². The Kier molecular flexibility index (Phi) is 19.4. The SMILES string of the molecule is CCC(CO)OC(COC(=O)CCCC(=O)NCCSC1CC(=O)N(CCC(=O)NCCOCCC(N)=O)C1=O)OC. The lowest BCUT2D eigenvalue weighted by Crippen LogP contribution is -2.36. The third-order valence-corrected chi connectivity index (χ3v) is 7.21. The number of aliphatic hydroxyl groups is 1. The summed E-state index contributed by atoms with van der Waals surface area (Å²) >= 11 is 1.26. The second kappa shape index (κ2) is 21.8. The van der Waals surface area contributed by atoms with E-state index in [1.54, 1.807) is 0 Å². The zero-order valence-electron chi connectivity index (χ0n) is 24.3. The highest BCUT2D eigenvalue weighted by Gasteiger charge is 2.38. The van der Waals surface area contributed by atoms with Gasteiger partial charge in [0.2, 0.25) is 29.5 Å². The number of esters is 1. The van der Waals surface area contributed by atoms with E-state index in [2.05, 4.69) is 10.6 Å². The summed E-state index contributed by atoms with van der Waals surface area (Å²) < 4.78 is 20.8. The zero-order chi connectivity index (χ0) is 31.3. The van der Waals surface area contributed by atoms with Crippen LogP contribution in [-0.2, 0) is 47.7 Å². The number of hydrogen-bond donors (Lipinski definition) is 4. The number of rotatable bonds is 24. The molecule has 0 aromatic carbocycles. The molecular formula is C26H44N4O11S. The number of ether oxygens (including phenoxy) is 4. The Morgan fingerprint density at radius 3 is 2.45 bits per heavy atom. The molecule has 0 aromatic rings. The molecule has 15 nitrogen and oxygen atoms in total. The fourth-order valence-corrected chi connectivity index (χ4v) is 4.64. The Balaban J connectivity index is 2.17. The summed E-state index contributed by atoms with van der Waals surface area (Å²) in [6.07, 6.45) is -0.115. The molecule has 3 atom stereocenters. The number of amides is 5. The van der Waals surface area contributed by atoms with Crippen molar-refractivity contribution in [3.8, 4) is 0 Å². The molecule has 0 saturated carbocycles. The maximum absolute atomic E-state index is 12.6. The highest BCUT2D eigenvalue weighted by Crippen LogP contribution is 2.25. The van der Waals surface area contributed by atoms with E-state index < -0.39 is 29.5 Å². The number of hydrogen-bond acceptors (Lipinski definition) is 12. The number of methoxy groups -OCH3 is 1. The number of primary amides is 1. The van der Waals surface area contributed by atoms with Gasteiger partial charge in [-0.1, -0.05) is 6.92 Å². The van der Waals surface area contributed by atoms with Crippen molar-refractivity contribution in [2.75, 3.05) is 58.9 Å². The van der Waals surface area contributed by atoms with E-state index >= 15 is 0 Å². The summed E-state index contributed by atoms with van der Waals surface area (Å²) in [6, 6.07) is 0. The standard InChI is InChI=1S/C26H44N4O11S/c1-3-18(16-31)41-25(38-2)17-40-24(36)6-4-5-21(33)29-10-14-42-19-15-23(35)30(26(19)37)11-7-22(34)28-9-13-39-12-8-20(27)32/h18-19,25,31H,3-17H2,1-2H3,(H2,27,32)(H,28,34)(H,29,33). The second-order valence-corrected chi connectivity index (χ2v) is 10.6. The average Bonchev–Trinajstić information content (AvgIpc) is 3.23. The van der Waals surface area contributed by atoms with Gasteiger partial charge < -0.3 is 40.4 Å². The number of carbonyl (C=O) groups excluding carboxylic acids is 6. The largest absolute Gasteiger partial charge is 0.460 e. The molecule has 0 aromatic heterocycles. The Morgan fingerprint density at radius 1 is 1.07 bits per heavy atom. The summed E-state index contributed by atoms with van der Waals surface area (Å²) in [4.78, 5) is 72.5. The molecule has 1 saturated heterocycles. The van der Waals surface area contributed by atoms with Gasteiger partial charge in [0.15, 0.2) is 6.29 Å². The Morgan fingerprint density at radius 2 is 1.79 bits per heavy atom. The fourth-order valence-electron chi connectivity index (χ4n) is 3.61. The molecule has 5 N–H and O–H groups in total. The molecule has 42 heavy (non-hydrogen) atoms. The van der Waals surface area contributed by atoms with Crippen LogP contribution >= 0.6 is 11.8 Å². The van der Waals surface area contributed by atoms with Gasteiger partial charge in [-0.25, -0.2) is 0 Å². The zero-order valence-corrected chi connectivity index (χ0v) is 25.1.